The number of hydroxylamine groups is 2. The number of hydrogen-bond donors (Lipinski definition) is 1. The van der Waals surface area contributed by atoms with Crippen LogP contribution in [-0.4, -0.2) is 38.9 Å². The first-order valence-electron chi connectivity index (χ1n) is 6.89. The van der Waals surface area contributed by atoms with Crippen LogP contribution in [0.1, 0.15) is 43.7 Å². The molecule has 1 aromatic heterocycles. The van der Waals surface area contributed by atoms with Gasteiger partial charge in [-0.2, -0.15) is 0 Å². The Morgan fingerprint density at radius 1 is 1.58 bits per heavy atom. The Morgan fingerprint density at radius 2 is 2.37 bits per heavy atom. The van der Waals surface area contributed by atoms with Gasteiger partial charge in [-0.25, -0.2) is 9.86 Å². The zero-order valence-electron chi connectivity index (χ0n) is 10.9. The van der Waals surface area contributed by atoms with Crippen LogP contribution in [0.4, 0.5) is 4.79 Å². The second kappa shape index (κ2) is 3.50. The third-order valence-electron chi connectivity index (χ3n) is 4.95. The fourth-order valence-electron chi connectivity index (χ4n) is 3.57. The molecule has 2 amide bonds. The number of piperidine rings is 1. The zero-order chi connectivity index (χ0) is 13.2. The van der Waals surface area contributed by atoms with E-state index in [2.05, 4.69) is 5.16 Å². The van der Waals surface area contributed by atoms with E-state index in [4.69, 9.17) is 4.52 Å². The lowest BCUT2D eigenvalue weighted by Gasteiger charge is -2.35. The molecule has 102 valence electrons. The van der Waals surface area contributed by atoms with Crippen molar-refractivity contribution in [2.75, 3.05) is 6.54 Å². The number of amides is 2. The molecular formula is C13H17N3O3. The maximum atomic E-state index is 12.1. The zero-order valence-corrected chi connectivity index (χ0v) is 10.9. The molecule has 1 unspecified atom stereocenters. The van der Waals surface area contributed by atoms with Crippen molar-refractivity contribution >= 4 is 6.03 Å². The van der Waals surface area contributed by atoms with E-state index in [1.54, 1.807) is 4.90 Å². The molecule has 3 aliphatic rings. The lowest BCUT2D eigenvalue weighted by molar-refractivity contribution is -0.0782. The lowest BCUT2D eigenvalue weighted by Crippen LogP contribution is -2.41. The third kappa shape index (κ3) is 1.40. The summed E-state index contributed by atoms with van der Waals surface area (Å²) in [7, 11) is 0. The third-order valence-corrected chi connectivity index (χ3v) is 4.95. The molecule has 0 aromatic carbocycles. The van der Waals surface area contributed by atoms with Gasteiger partial charge in [0.05, 0.1) is 12.1 Å². The van der Waals surface area contributed by atoms with Crippen molar-refractivity contribution in [1.82, 2.24) is 15.1 Å². The maximum Gasteiger partial charge on any atom is 0.344 e. The molecule has 6 nitrogen and oxygen atoms in total. The van der Waals surface area contributed by atoms with Crippen LogP contribution in [0.15, 0.2) is 10.6 Å². The van der Waals surface area contributed by atoms with Crippen LogP contribution in [0.25, 0.3) is 0 Å². The average Bonchev–Trinajstić information content (AvgIpc) is 2.94. The summed E-state index contributed by atoms with van der Waals surface area (Å²) >= 11 is 0. The van der Waals surface area contributed by atoms with Gasteiger partial charge in [0.15, 0.2) is 0 Å². The molecule has 1 aromatic rings. The van der Waals surface area contributed by atoms with E-state index in [0.717, 1.165) is 42.2 Å². The highest BCUT2D eigenvalue weighted by Gasteiger charge is 2.63. The van der Waals surface area contributed by atoms with Crippen LogP contribution in [0.3, 0.4) is 0 Å². The summed E-state index contributed by atoms with van der Waals surface area (Å²) in [6.45, 7) is 2.62. The highest BCUT2D eigenvalue weighted by molar-refractivity contribution is 5.77. The van der Waals surface area contributed by atoms with Gasteiger partial charge in [0.1, 0.15) is 11.5 Å². The Bertz CT molecular complexity index is 537. The van der Waals surface area contributed by atoms with Crippen LogP contribution in [0.2, 0.25) is 0 Å². The summed E-state index contributed by atoms with van der Waals surface area (Å²) in [5.74, 6) is 0.842. The number of hydrogen-bond acceptors (Lipinski definition) is 4. The second-order valence-electron chi connectivity index (χ2n) is 5.95. The molecule has 1 N–H and O–H groups in total. The molecule has 2 saturated heterocycles. The summed E-state index contributed by atoms with van der Waals surface area (Å²) in [6.07, 6.45) is 3.86. The van der Waals surface area contributed by atoms with Crippen molar-refractivity contribution in [2.24, 2.45) is 5.41 Å². The molecule has 2 atom stereocenters. The van der Waals surface area contributed by atoms with Crippen molar-refractivity contribution in [1.29, 1.82) is 0 Å². The number of rotatable bonds is 2. The summed E-state index contributed by atoms with van der Waals surface area (Å²) in [5, 5.41) is 15.0. The standard InChI is InChI=1S/C13H17N3O3/c1-2-8-5-9(14-19-8)10-6-13(3-4-13)11-7-15(10)12(17)16(11)18/h5,10-11,18H,2-4,6-7H2,1H3/t10-,11?/m0/s1. The quantitative estimate of drug-likeness (QED) is 0.828. The van der Waals surface area contributed by atoms with E-state index < -0.39 is 0 Å². The Morgan fingerprint density at radius 3 is 3.00 bits per heavy atom. The first-order chi connectivity index (χ1) is 9.14. The Kier molecular flexibility index (Phi) is 2.08. The van der Waals surface area contributed by atoms with E-state index in [9.17, 15) is 10.0 Å². The number of carbonyl (C=O) groups is 1. The Balaban J connectivity index is 1.71. The van der Waals surface area contributed by atoms with E-state index in [1.807, 2.05) is 13.0 Å². The molecule has 2 bridgehead atoms. The highest BCUT2D eigenvalue weighted by atomic mass is 16.5. The largest absolute Gasteiger partial charge is 0.361 e. The predicted octanol–water partition coefficient (Wildman–Crippen LogP) is 1.96. The molecule has 19 heavy (non-hydrogen) atoms. The number of fused-ring (bicyclic) bond motifs is 3. The molecule has 1 spiro atoms. The van der Waals surface area contributed by atoms with Gasteiger partial charge in [-0.05, 0) is 24.7 Å². The smallest absolute Gasteiger partial charge is 0.344 e. The van der Waals surface area contributed by atoms with Crippen molar-refractivity contribution in [3.05, 3.63) is 17.5 Å². The average molecular weight is 263 g/mol. The van der Waals surface area contributed by atoms with Crippen LogP contribution in [-0.2, 0) is 6.42 Å². The highest BCUT2D eigenvalue weighted by Crippen LogP contribution is 2.61. The van der Waals surface area contributed by atoms with E-state index >= 15 is 0 Å². The first-order valence-corrected chi connectivity index (χ1v) is 6.89. The molecule has 1 saturated carbocycles. The minimum absolute atomic E-state index is 0.0335. The van der Waals surface area contributed by atoms with Crippen LogP contribution in [0, 0.1) is 5.41 Å². The monoisotopic (exact) mass is 263 g/mol. The van der Waals surface area contributed by atoms with Crippen LogP contribution >= 0.6 is 0 Å². The Hall–Kier alpha value is -1.56. The van der Waals surface area contributed by atoms with Crippen LogP contribution in [0.5, 0.6) is 0 Å². The van der Waals surface area contributed by atoms with Gasteiger partial charge in [-0.3, -0.25) is 5.21 Å². The van der Waals surface area contributed by atoms with Crippen molar-refractivity contribution < 1.29 is 14.5 Å². The summed E-state index contributed by atoms with van der Waals surface area (Å²) in [4.78, 5) is 13.8. The first kappa shape index (κ1) is 11.3. The fourth-order valence-corrected chi connectivity index (χ4v) is 3.57. The molecule has 3 fully saturated rings. The van der Waals surface area contributed by atoms with Gasteiger partial charge in [-0.1, -0.05) is 12.1 Å². The van der Waals surface area contributed by atoms with Crippen LogP contribution < -0.4 is 0 Å². The van der Waals surface area contributed by atoms with E-state index in [1.165, 1.54) is 0 Å². The topological polar surface area (TPSA) is 69.8 Å². The fraction of sp³-hybridized carbons (Fsp3) is 0.692. The number of aryl methyl sites for hydroxylation is 1. The molecular weight excluding hydrogens is 246 g/mol. The maximum absolute atomic E-state index is 12.1. The van der Waals surface area contributed by atoms with Gasteiger partial charge in [0.2, 0.25) is 0 Å². The van der Waals surface area contributed by atoms with Gasteiger partial charge < -0.3 is 9.42 Å². The molecule has 4 rings (SSSR count). The molecule has 3 heterocycles. The normalized spacial score (nSPS) is 31.4. The number of urea groups is 1. The van der Waals surface area contributed by atoms with Gasteiger partial charge >= 0.3 is 6.03 Å². The van der Waals surface area contributed by atoms with Crippen molar-refractivity contribution in [3.8, 4) is 0 Å². The minimum atomic E-state index is -0.292. The minimum Gasteiger partial charge on any atom is -0.361 e. The number of nitrogens with zero attached hydrogens (tertiary/aromatic N) is 3. The Labute approximate surface area is 110 Å². The molecule has 6 heteroatoms. The lowest BCUT2D eigenvalue weighted by atomic mass is 9.84. The van der Waals surface area contributed by atoms with Crippen molar-refractivity contribution in [2.45, 2.75) is 44.7 Å². The number of carbonyl (C=O) groups excluding carboxylic acids is 1. The predicted molar refractivity (Wildman–Crippen MR) is 64.4 cm³/mol. The van der Waals surface area contributed by atoms with E-state index in [-0.39, 0.29) is 23.5 Å². The van der Waals surface area contributed by atoms with Crippen molar-refractivity contribution in [3.63, 3.8) is 0 Å². The number of aromatic nitrogens is 1. The molecule has 0 radical (unpaired) electrons. The molecule has 1 aliphatic carbocycles. The second-order valence-corrected chi connectivity index (χ2v) is 5.95. The SMILES string of the molecule is CCc1cc([C@@H]2CC3(CC3)C3CN2C(=O)N3O)no1. The van der Waals surface area contributed by atoms with E-state index in [0.29, 0.717) is 6.54 Å². The summed E-state index contributed by atoms with van der Waals surface area (Å²) in [5.41, 5.74) is 0.929. The van der Waals surface area contributed by atoms with Gasteiger partial charge in [-0.15, -0.1) is 0 Å². The van der Waals surface area contributed by atoms with Gasteiger partial charge in [0, 0.05) is 19.0 Å². The molecule has 2 aliphatic heterocycles. The summed E-state index contributed by atoms with van der Waals surface area (Å²) in [6, 6.07) is 1.56. The van der Waals surface area contributed by atoms with Gasteiger partial charge in [0.25, 0.3) is 0 Å². The summed E-state index contributed by atoms with van der Waals surface area (Å²) < 4.78 is 5.26.